The Morgan fingerprint density at radius 2 is 1.31 bits per heavy atom. The average molecular weight is 658 g/mol. The van der Waals surface area contributed by atoms with E-state index in [1.54, 1.807) is 36.4 Å². The molecule has 1 amide bonds. The topological polar surface area (TPSA) is 98.9 Å². The monoisotopic (exact) mass is 657 g/mol. The van der Waals surface area contributed by atoms with Gasteiger partial charge in [0.25, 0.3) is 5.91 Å². The van der Waals surface area contributed by atoms with Crippen LogP contribution in [0.2, 0.25) is 0 Å². The average Bonchev–Trinajstić information content (AvgIpc) is 3.41. The van der Waals surface area contributed by atoms with Crippen LogP contribution in [0, 0.1) is 0 Å². The number of alkyl halides is 1. The van der Waals surface area contributed by atoms with Crippen molar-refractivity contribution in [2.75, 3.05) is 11.9 Å². The number of hydrazine groups is 1. The summed E-state index contributed by atoms with van der Waals surface area (Å²) in [6.45, 7) is 1.24. The molecule has 1 atom stereocenters. The standard InChI is InChI=1S/C39H52FN5O3/c1-2-3-4-5-6-7-8-9-10-11-12-13-14-15-16-19-31-22-24-32(25-23-31)41-38-37(43-42-33-26-28-34(46)29-27-33)39(47)45(44-38)35-20-17-18-21-36(35)48-30-40/h17-18,20-29,37,46H,2-16,19,30H2,1H3,(H,41,44). The van der Waals surface area contributed by atoms with E-state index in [4.69, 9.17) is 9.73 Å². The lowest BCUT2D eigenvalue weighted by atomic mass is 10.0. The number of carbonyl (C=O) groups excluding carboxylic acids is 1. The lowest BCUT2D eigenvalue weighted by Crippen LogP contribution is -2.36. The number of aliphatic imine (C=N–C) groups is 1. The zero-order chi connectivity index (χ0) is 33.8. The number of benzene rings is 3. The van der Waals surface area contributed by atoms with Gasteiger partial charge in [-0.25, -0.2) is 14.4 Å². The summed E-state index contributed by atoms with van der Waals surface area (Å²) in [5, 5.41) is 19.4. The number of unbranched alkanes of at least 4 members (excludes halogenated alkanes) is 14. The van der Waals surface area contributed by atoms with Gasteiger partial charge in [0.1, 0.15) is 17.2 Å². The van der Waals surface area contributed by atoms with E-state index in [0.29, 0.717) is 17.1 Å². The minimum Gasteiger partial charge on any atom is -0.508 e. The molecule has 0 spiro atoms. The van der Waals surface area contributed by atoms with Crippen molar-refractivity contribution in [3.05, 3.63) is 78.4 Å². The Morgan fingerprint density at radius 1 is 0.750 bits per heavy atom. The fraction of sp³-hybridized carbons (Fsp3) is 0.487. The number of nitrogens with zero attached hydrogens (tertiary/aromatic N) is 4. The second-order valence-electron chi connectivity index (χ2n) is 12.5. The van der Waals surface area contributed by atoms with Crippen LogP contribution in [0.3, 0.4) is 0 Å². The van der Waals surface area contributed by atoms with Crippen molar-refractivity contribution in [3.63, 3.8) is 0 Å². The molecular weight excluding hydrogens is 605 g/mol. The van der Waals surface area contributed by atoms with Gasteiger partial charge >= 0.3 is 0 Å². The third-order valence-corrected chi connectivity index (χ3v) is 8.65. The molecule has 0 radical (unpaired) electrons. The van der Waals surface area contributed by atoms with Gasteiger partial charge in [-0.1, -0.05) is 121 Å². The SMILES string of the molecule is CCCCCCCCCCCCCCCCCc1ccc(N=C2NN(c3ccccc3OCF)C(=O)C2N=Nc2ccc(O)cc2)cc1. The number of phenolic OH excluding ortho intramolecular Hbond substituents is 1. The lowest BCUT2D eigenvalue weighted by Gasteiger charge is -2.18. The van der Waals surface area contributed by atoms with Gasteiger partial charge in [-0.2, -0.15) is 10.2 Å². The molecule has 0 saturated carbocycles. The van der Waals surface area contributed by atoms with Crippen molar-refractivity contribution in [1.82, 2.24) is 5.43 Å². The Bertz CT molecular complexity index is 1430. The number of hydrogen-bond acceptors (Lipinski definition) is 6. The number of rotatable bonds is 22. The number of aromatic hydroxyl groups is 1. The molecule has 3 aromatic carbocycles. The van der Waals surface area contributed by atoms with E-state index in [0.717, 1.165) is 12.8 Å². The first kappa shape index (κ1) is 36.6. The predicted molar refractivity (Wildman–Crippen MR) is 192 cm³/mol. The summed E-state index contributed by atoms with van der Waals surface area (Å²) in [4.78, 5) is 18.3. The van der Waals surface area contributed by atoms with E-state index in [1.165, 1.54) is 113 Å². The van der Waals surface area contributed by atoms with E-state index >= 15 is 0 Å². The Hall–Kier alpha value is -4.27. The maximum Gasteiger partial charge on any atom is 0.280 e. The summed E-state index contributed by atoms with van der Waals surface area (Å²) in [5.41, 5.74) is 5.78. The molecule has 8 nitrogen and oxygen atoms in total. The van der Waals surface area contributed by atoms with Crippen LogP contribution in [0.15, 0.2) is 88.0 Å². The molecule has 9 heteroatoms. The van der Waals surface area contributed by atoms with Crippen molar-refractivity contribution >= 4 is 28.8 Å². The molecule has 0 aliphatic carbocycles. The number of anilines is 1. The third kappa shape index (κ3) is 12.1. The summed E-state index contributed by atoms with van der Waals surface area (Å²) in [5.74, 6) is 0.164. The number of hydrogen-bond donors (Lipinski definition) is 2. The summed E-state index contributed by atoms with van der Waals surface area (Å²) >= 11 is 0. The van der Waals surface area contributed by atoms with E-state index < -0.39 is 18.8 Å². The largest absolute Gasteiger partial charge is 0.508 e. The first-order valence-corrected chi connectivity index (χ1v) is 17.8. The Labute approximate surface area is 285 Å². The molecule has 4 rings (SSSR count). The molecule has 1 aliphatic heterocycles. The first-order chi connectivity index (χ1) is 23.6. The van der Waals surface area contributed by atoms with Gasteiger partial charge in [0.2, 0.25) is 12.9 Å². The Kier molecular flexibility index (Phi) is 15.9. The van der Waals surface area contributed by atoms with Crippen LogP contribution in [0.4, 0.5) is 21.5 Å². The number of azo groups is 1. The Balaban J connectivity index is 1.26. The van der Waals surface area contributed by atoms with Crippen LogP contribution < -0.4 is 15.2 Å². The number of amidine groups is 1. The van der Waals surface area contributed by atoms with E-state index in [9.17, 15) is 14.3 Å². The molecule has 1 saturated heterocycles. The molecule has 258 valence electrons. The molecular formula is C39H52FN5O3. The number of nitrogens with one attached hydrogen (secondary N) is 1. The highest BCUT2D eigenvalue weighted by atomic mass is 19.1. The molecule has 3 aromatic rings. The normalized spacial score (nSPS) is 15.5. The number of halogens is 1. The van der Waals surface area contributed by atoms with Crippen molar-refractivity contribution < 1.29 is 19.0 Å². The second kappa shape index (κ2) is 20.9. The van der Waals surface area contributed by atoms with Crippen molar-refractivity contribution in [2.24, 2.45) is 15.2 Å². The smallest absolute Gasteiger partial charge is 0.280 e. The fourth-order valence-electron chi connectivity index (χ4n) is 5.88. The maximum absolute atomic E-state index is 13.6. The minimum absolute atomic E-state index is 0.105. The highest BCUT2D eigenvalue weighted by Crippen LogP contribution is 2.31. The van der Waals surface area contributed by atoms with Gasteiger partial charge in [0, 0.05) is 0 Å². The van der Waals surface area contributed by atoms with Crippen molar-refractivity contribution in [1.29, 1.82) is 0 Å². The highest BCUT2D eigenvalue weighted by molar-refractivity contribution is 6.20. The molecule has 0 bridgehead atoms. The van der Waals surface area contributed by atoms with Gasteiger partial charge < -0.3 is 9.84 Å². The number of phenols is 1. The number of amides is 1. The van der Waals surface area contributed by atoms with E-state index in [1.807, 2.05) is 12.1 Å². The van der Waals surface area contributed by atoms with Crippen molar-refractivity contribution in [3.8, 4) is 11.5 Å². The maximum atomic E-state index is 13.6. The number of para-hydroxylation sites is 2. The first-order valence-electron chi connectivity index (χ1n) is 17.8. The second-order valence-corrected chi connectivity index (χ2v) is 12.5. The van der Waals surface area contributed by atoms with Gasteiger partial charge in [-0.15, -0.1) is 0 Å². The number of aryl methyl sites for hydroxylation is 1. The quantitative estimate of drug-likeness (QED) is 0.0829. The van der Waals surface area contributed by atoms with Gasteiger partial charge in [-0.3, -0.25) is 10.2 Å². The molecule has 1 unspecified atom stereocenters. The highest BCUT2D eigenvalue weighted by Gasteiger charge is 2.40. The van der Waals surface area contributed by atoms with Gasteiger partial charge in [0.15, 0.2) is 5.84 Å². The summed E-state index contributed by atoms with van der Waals surface area (Å²) < 4.78 is 18.2. The lowest BCUT2D eigenvalue weighted by molar-refractivity contribution is -0.117. The molecule has 48 heavy (non-hydrogen) atoms. The molecule has 0 aromatic heterocycles. The predicted octanol–water partition coefficient (Wildman–Crippen LogP) is 10.8. The molecule has 1 aliphatic rings. The van der Waals surface area contributed by atoms with Crippen LogP contribution in [0.25, 0.3) is 0 Å². The molecule has 2 N–H and O–H groups in total. The fourth-order valence-corrected chi connectivity index (χ4v) is 5.88. The molecule has 1 heterocycles. The van der Waals surface area contributed by atoms with Gasteiger partial charge in [-0.05, 0) is 66.9 Å². The van der Waals surface area contributed by atoms with Crippen LogP contribution in [-0.4, -0.2) is 29.8 Å². The van der Waals surface area contributed by atoms with Crippen LogP contribution >= 0.6 is 0 Å². The van der Waals surface area contributed by atoms with Gasteiger partial charge in [0.05, 0.1) is 11.4 Å². The third-order valence-electron chi connectivity index (χ3n) is 8.65. The van der Waals surface area contributed by atoms with Crippen LogP contribution in [0.1, 0.15) is 109 Å². The molecule has 1 fully saturated rings. The summed E-state index contributed by atoms with van der Waals surface area (Å²) in [7, 11) is 0. The number of carbonyl (C=O) groups is 1. The summed E-state index contributed by atoms with van der Waals surface area (Å²) in [6.07, 6.45) is 21.3. The number of ether oxygens (including phenoxy) is 1. The van der Waals surface area contributed by atoms with Crippen LogP contribution in [-0.2, 0) is 11.2 Å². The van der Waals surface area contributed by atoms with Crippen molar-refractivity contribution in [2.45, 2.75) is 116 Å². The van der Waals surface area contributed by atoms with Crippen LogP contribution in [0.5, 0.6) is 11.5 Å². The summed E-state index contributed by atoms with van der Waals surface area (Å²) in [6, 6.07) is 19.8. The minimum atomic E-state index is -1.06. The zero-order valence-corrected chi connectivity index (χ0v) is 28.5. The van der Waals surface area contributed by atoms with E-state index in [2.05, 4.69) is 34.7 Å². The Morgan fingerprint density at radius 3 is 1.92 bits per heavy atom. The van der Waals surface area contributed by atoms with E-state index in [-0.39, 0.29) is 17.3 Å². The zero-order valence-electron chi connectivity index (χ0n) is 28.5.